The van der Waals surface area contributed by atoms with Crippen LogP contribution >= 0.6 is 23.2 Å². The highest BCUT2D eigenvalue weighted by Gasteiger charge is 2.44. The van der Waals surface area contributed by atoms with Crippen molar-refractivity contribution in [3.05, 3.63) is 201 Å². The molecule has 9 nitrogen and oxygen atoms in total. The molecule has 2 N–H and O–H groups in total. The van der Waals surface area contributed by atoms with E-state index in [9.17, 15) is 29.4 Å². The highest BCUT2D eigenvalue weighted by Crippen LogP contribution is 2.41. The number of carbonyl (C=O) groups is 4. The molecule has 0 saturated carbocycles. The van der Waals surface area contributed by atoms with E-state index in [1.165, 1.54) is 15.4 Å². The largest absolute Gasteiger partial charge is 0.480 e. The van der Waals surface area contributed by atoms with Crippen LogP contribution in [0.1, 0.15) is 80.7 Å². The van der Waals surface area contributed by atoms with Crippen LogP contribution in [0.2, 0.25) is 10.0 Å². The van der Waals surface area contributed by atoms with Crippen molar-refractivity contribution in [2.45, 2.75) is 56.3 Å². The van der Waals surface area contributed by atoms with Crippen molar-refractivity contribution in [2.75, 3.05) is 0 Å². The molecule has 11 heteroatoms. The third kappa shape index (κ3) is 9.54. The van der Waals surface area contributed by atoms with Gasteiger partial charge in [0, 0.05) is 21.2 Å². The second-order valence-electron chi connectivity index (χ2n) is 14.7. The van der Waals surface area contributed by atoms with Gasteiger partial charge >= 0.3 is 11.9 Å². The number of rotatable bonds is 10. The van der Waals surface area contributed by atoms with Gasteiger partial charge in [-0.2, -0.15) is 0 Å². The fourth-order valence-electron chi connectivity index (χ4n) is 7.96. The molecule has 0 aliphatic carbocycles. The van der Waals surface area contributed by atoms with Crippen LogP contribution in [0.3, 0.4) is 0 Å². The fraction of sp³-hybridized carbons (Fsp3) is 0.184. The Morgan fingerprint density at radius 1 is 0.483 bits per heavy atom. The zero-order chi connectivity index (χ0) is 42.2. The van der Waals surface area contributed by atoms with Gasteiger partial charge < -0.3 is 24.7 Å². The van der Waals surface area contributed by atoms with Gasteiger partial charge in [-0.15, -0.1) is 0 Å². The summed E-state index contributed by atoms with van der Waals surface area (Å²) in [6, 6.07) is 45.7. The minimum atomic E-state index is -1.01. The highest BCUT2D eigenvalue weighted by atomic mass is 35.5. The molecule has 0 bridgehead atoms. The summed E-state index contributed by atoms with van der Waals surface area (Å²) in [5.41, 5.74) is 4.73. The summed E-state index contributed by atoms with van der Waals surface area (Å²) >= 11 is 12.7. The number of likely N-dealkylation sites (tertiary alicyclic amines) is 2. The third-order valence-electron chi connectivity index (χ3n) is 10.9. The highest BCUT2D eigenvalue weighted by molar-refractivity contribution is 6.31. The molecule has 6 aromatic rings. The molecule has 2 amide bonds. The predicted octanol–water partition coefficient (Wildman–Crippen LogP) is 10.9. The normalized spacial score (nSPS) is 18.3. The summed E-state index contributed by atoms with van der Waals surface area (Å²) in [6.07, 6.45) is 2.68. The predicted molar refractivity (Wildman–Crippen MR) is 231 cm³/mol. The third-order valence-corrected chi connectivity index (χ3v) is 11.6. The molecule has 0 aromatic heterocycles. The molecule has 4 atom stereocenters. The first kappa shape index (κ1) is 41.7. The molecule has 60 heavy (non-hydrogen) atoms. The van der Waals surface area contributed by atoms with Crippen molar-refractivity contribution >= 4 is 47.0 Å². The number of hydrogen-bond donors (Lipinski definition) is 2. The van der Waals surface area contributed by atoms with Gasteiger partial charge in [0.2, 0.25) is 0 Å². The van der Waals surface area contributed by atoms with Crippen LogP contribution in [0, 0.1) is 0 Å². The van der Waals surface area contributed by atoms with Crippen LogP contribution in [0.15, 0.2) is 158 Å². The quantitative estimate of drug-likeness (QED) is 0.141. The van der Waals surface area contributed by atoms with E-state index in [1.54, 1.807) is 48.5 Å². The molecule has 2 saturated heterocycles. The molecule has 2 heterocycles. The molecule has 2 aliphatic rings. The summed E-state index contributed by atoms with van der Waals surface area (Å²) in [5.74, 6) is -1.33. The lowest BCUT2D eigenvalue weighted by Gasteiger charge is -2.29. The van der Waals surface area contributed by atoms with Gasteiger partial charge in [0.1, 0.15) is 23.6 Å². The van der Waals surface area contributed by atoms with Crippen molar-refractivity contribution in [1.82, 2.24) is 9.80 Å². The van der Waals surface area contributed by atoms with Crippen LogP contribution in [-0.4, -0.2) is 55.8 Å². The van der Waals surface area contributed by atoms with Crippen molar-refractivity contribution < 1.29 is 34.1 Å². The Morgan fingerprint density at radius 2 is 0.867 bits per heavy atom. The van der Waals surface area contributed by atoms with Crippen LogP contribution in [0.25, 0.3) is 0 Å². The van der Waals surface area contributed by atoms with E-state index < -0.39 is 24.0 Å². The molecule has 2 aliphatic heterocycles. The number of benzene rings is 6. The van der Waals surface area contributed by atoms with E-state index in [4.69, 9.17) is 27.9 Å². The van der Waals surface area contributed by atoms with Crippen LogP contribution < -0.4 is 4.74 Å². The summed E-state index contributed by atoms with van der Waals surface area (Å²) < 4.78 is 5.77. The number of hydrogen-bond acceptors (Lipinski definition) is 5. The van der Waals surface area contributed by atoms with Crippen molar-refractivity contribution in [3.8, 4) is 11.5 Å². The van der Waals surface area contributed by atoms with Gasteiger partial charge in [0.25, 0.3) is 11.8 Å². The standard InChI is InChI=1S/C25H22ClNO3.C24H20ClNO4/c26-21-9-5-4-8-20(21)22-14-15-23(25(29)30)27(22)24(28)19-12-10-18(11-13-19)16-17-6-2-1-3-7-17;25-20-9-5-4-8-19(20)21-14-15-22(24(28)29)26(21)23(27)16-10-12-18(13-11-16)30-17-6-2-1-3-7-17/h1-13,22-23H,14-16H2,(H,29,30);1-13,21-22H,14-15H2,(H,28,29)/t22-,23+;21-,22+/m11/s1. The monoisotopic (exact) mass is 840 g/mol. The molecule has 0 unspecified atom stereocenters. The molecular formula is C49H42Cl2N2O7. The fourth-order valence-corrected chi connectivity index (χ4v) is 8.48. The Balaban J connectivity index is 0.000000181. The van der Waals surface area contributed by atoms with E-state index in [0.717, 1.165) is 23.1 Å². The number of nitrogens with zero attached hydrogens (tertiary/aromatic N) is 2. The maximum atomic E-state index is 13.3. The molecule has 0 radical (unpaired) electrons. The molecule has 304 valence electrons. The average molecular weight is 842 g/mol. The Hall–Kier alpha value is -6.42. The second kappa shape index (κ2) is 19.1. The number of carboxylic acid groups (broad SMARTS) is 2. The molecule has 6 aromatic carbocycles. The number of carbonyl (C=O) groups excluding carboxylic acids is 2. The SMILES string of the molecule is O=C(O)[C@@H]1CC[C@H](c2ccccc2Cl)N1C(=O)c1ccc(Cc2ccccc2)cc1.O=C(O)[C@@H]1CC[C@H](c2ccccc2Cl)N1C(=O)c1ccc(Oc2ccccc2)cc1. The van der Waals surface area contributed by atoms with Gasteiger partial charge in [-0.05, 0) is 115 Å². The molecule has 8 rings (SSSR count). The summed E-state index contributed by atoms with van der Waals surface area (Å²) in [6.45, 7) is 0. The first-order valence-electron chi connectivity index (χ1n) is 19.6. The number of para-hydroxylation sites is 1. The van der Waals surface area contributed by atoms with Gasteiger partial charge in [-0.25, -0.2) is 9.59 Å². The van der Waals surface area contributed by atoms with E-state index in [1.807, 2.05) is 97.1 Å². The Morgan fingerprint density at radius 3 is 1.32 bits per heavy atom. The van der Waals surface area contributed by atoms with Crippen molar-refractivity contribution in [1.29, 1.82) is 0 Å². The lowest BCUT2D eigenvalue weighted by atomic mass is 10.0. The Labute approximate surface area is 358 Å². The maximum Gasteiger partial charge on any atom is 0.326 e. The van der Waals surface area contributed by atoms with E-state index in [2.05, 4.69) is 12.1 Å². The van der Waals surface area contributed by atoms with Crippen LogP contribution in [0.4, 0.5) is 0 Å². The second-order valence-corrected chi connectivity index (χ2v) is 15.5. The smallest absolute Gasteiger partial charge is 0.326 e. The van der Waals surface area contributed by atoms with E-state index in [0.29, 0.717) is 58.4 Å². The number of halogens is 2. The first-order valence-corrected chi connectivity index (χ1v) is 20.4. The van der Waals surface area contributed by atoms with Gasteiger partial charge in [-0.3, -0.25) is 9.59 Å². The van der Waals surface area contributed by atoms with E-state index in [-0.39, 0.29) is 23.9 Å². The minimum absolute atomic E-state index is 0.281. The lowest BCUT2D eigenvalue weighted by Crippen LogP contribution is -2.41. The van der Waals surface area contributed by atoms with Crippen LogP contribution in [-0.2, 0) is 16.0 Å². The molecule has 0 spiro atoms. The Bertz CT molecular complexity index is 2270. The zero-order valence-electron chi connectivity index (χ0n) is 32.4. The summed E-state index contributed by atoms with van der Waals surface area (Å²) in [5, 5.41) is 20.4. The average Bonchev–Trinajstić information content (AvgIpc) is 3.91. The number of carboxylic acids is 2. The number of amides is 2. The van der Waals surface area contributed by atoms with Crippen molar-refractivity contribution in [3.63, 3.8) is 0 Å². The summed E-state index contributed by atoms with van der Waals surface area (Å²) in [7, 11) is 0. The molecule has 2 fully saturated rings. The zero-order valence-corrected chi connectivity index (χ0v) is 34.0. The maximum absolute atomic E-state index is 13.3. The van der Waals surface area contributed by atoms with Gasteiger partial charge in [0.05, 0.1) is 12.1 Å². The van der Waals surface area contributed by atoms with Crippen LogP contribution in [0.5, 0.6) is 11.5 Å². The number of ether oxygens (including phenoxy) is 1. The Kier molecular flexibility index (Phi) is 13.3. The van der Waals surface area contributed by atoms with Crippen molar-refractivity contribution in [2.24, 2.45) is 0 Å². The van der Waals surface area contributed by atoms with Gasteiger partial charge in [0.15, 0.2) is 0 Å². The topological polar surface area (TPSA) is 124 Å². The van der Waals surface area contributed by atoms with Gasteiger partial charge in [-0.1, -0.05) is 120 Å². The molecular weight excluding hydrogens is 799 g/mol. The first-order chi connectivity index (χ1) is 29.1. The van der Waals surface area contributed by atoms with E-state index >= 15 is 0 Å². The summed E-state index contributed by atoms with van der Waals surface area (Å²) in [4.78, 5) is 53.2. The number of aliphatic carboxylic acids is 2. The minimum Gasteiger partial charge on any atom is -0.480 e. The lowest BCUT2D eigenvalue weighted by molar-refractivity contribution is -0.142.